The number of alkyl halides is 1. The van der Waals surface area contributed by atoms with E-state index in [0.29, 0.717) is 18.3 Å². The molecule has 0 amide bonds. The number of halogens is 1. The van der Waals surface area contributed by atoms with Crippen molar-refractivity contribution in [3.05, 3.63) is 84.6 Å². The first-order chi connectivity index (χ1) is 18.2. The summed E-state index contributed by atoms with van der Waals surface area (Å²) in [7, 11) is 0. The lowest BCUT2D eigenvalue weighted by molar-refractivity contribution is -0.134. The standard InChI is InChI=1S/C37H53FS/c1-25(2)28(5)12-11-21-39-24-27(4)13-14-29(6)36(10)30(7)23-33-32-16-15-31-22-26(3)17-18-34(31,8)37(32,38)20-19-35(33,36)9/h17-18,22,30,32-33H,1,3-6,11-16,19-21,23-24H2,2,7-10H3/t30-,32?,33?,34?,35?,36+,37-/m1/s1. The van der Waals surface area contributed by atoms with Crippen LogP contribution in [0.25, 0.3) is 0 Å². The van der Waals surface area contributed by atoms with Crippen molar-refractivity contribution in [2.75, 3.05) is 11.5 Å². The molecule has 0 N–H and O–H groups in total. The predicted octanol–water partition coefficient (Wildman–Crippen LogP) is 11.2. The zero-order valence-corrected chi connectivity index (χ0v) is 26.4. The van der Waals surface area contributed by atoms with Crippen LogP contribution >= 0.6 is 11.8 Å². The van der Waals surface area contributed by atoms with E-state index in [1.807, 2.05) is 24.8 Å². The molecule has 3 saturated carbocycles. The van der Waals surface area contributed by atoms with Gasteiger partial charge in [0, 0.05) is 11.2 Å². The first-order valence-electron chi connectivity index (χ1n) is 15.2. The van der Waals surface area contributed by atoms with Crippen molar-refractivity contribution in [3.8, 4) is 0 Å². The summed E-state index contributed by atoms with van der Waals surface area (Å²) in [6.45, 7) is 32.9. The van der Waals surface area contributed by atoms with E-state index in [0.717, 1.165) is 74.0 Å². The van der Waals surface area contributed by atoms with Crippen LogP contribution in [-0.4, -0.2) is 17.2 Å². The predicted molar refractivity (Wildman–Crippen MR) is 172 cm³/mol. The molecule has 4 rings (SSSR count). The summed E-state index contributed by atoms with van der Waals surface area (Å²) in [5.41, 5.74) is 5.67. The Morgan fingerprint density at radius 2 is 1.77 bits per heavy atom. The van der Waals surface area contributed by atoms with Gasteiger partial charge in [-0.25, -0.2) is 4.39 Å². The number of hydrogen-bond donors (Lipinski definition) is 0. The Morgan fingerprint density at radius 1 is 1.05 bits per heavy atom. The lowest BCUT2D eigenvalue weighted by Gasteiger charge is -2.62. The Kier molecular flexibility index (Phi) is 8.61. The van der Waals surface area contributed by atoms with Crippen LogP contribution in [0.15, 0.2) is 84.6 Å². The number of hydrogen-bond acceptors (Lipinski definition) is 1. The molecule has 2 heteroatoms. The topological polar surface area (TPSA) is 0 Å². The molecular formula is C37H53FS. The molecule has 0 bridgehead atoms. The van der Waals surface area contributed by atoms with E-state index in [4.69, 9.17) is 6.58 Å². The van der Waals surface area contributed by atoms with Crippen molar-refractivity contribution >= 4 is 11.8 Å². The van der Waals surface area contributed by atoms with Crippen molar-refractivity contribution < 1.29 is 4.39 Å². The van der Waals surface area contributed by atoms with E-state index >= 15 is 4.39 Å². The molecule has 4 unspecified atom stereocenters. The minimum atomic E-state index is -1.17. The Balaban J connectivity index is 1.40. The second-order valence-corrected chi connectivity index (χ2v) is 15.1. The normalized spacial score (nSPS) is 38.9. The van der Waals surface area contributed by atoms with Gasteiger partial charge >= 0.3 is 0 Å². The first-order valence-corrected chi connectivity index (χ1v) is 16.4. The van der Waals surface area contributed by atoms with Crippen LogP contribution in [0.3, 0.4) is 0 Å². The minimum Gasteiger partial charge on any atom is -0.242 e. The Morgan fingerprint density at radius 3 is 2.46 bits per heavy atom. The van der Waals surface area contributed by atoms with Crippen LogP contribution in [-0.2, 0) is 0 Å². The van der Waals surface area contributed by atoms with Crippen molar-refractivity contribution in [3.63, 3.8) is 0 Å². The Labute approximate surface area is 243 Å². The summed E-state index contributed by atoms with van der Waals surface area (Å²) in [6, 6.07) is 0. The zero-order chi connectivity index (χ0) is 28.8. The molecule has 39 heavy (non-hydrogen) atoms. The van der Waals surface area contributed by atoms with E-state index in [2.05, 4.69) is 66.2 Å². The van der Waals surface area contributed by atoms with Crippen LogP contribution in [0.4, 0.5) is 4.39 Å². The average molecular weight is 549 g/mol. The summed E-state index contributed by atoms with van der Waals surface area (Å²) in [6.07, 6.45) is 15.2. The highest BCUT2D eigenvalue weighted by Gasteiger charge is 2.70. The summed E-state index contributed by atoms with van der Waals surface area (Å²) in [4.78, 5) is 0. The molecule has 0 heterocycles. The van der Waals surface area contributed by atoms with E-state index < -0.39 is 11.1 Å². The number of rotatable bonds is 11. The quantitative estimate of drug-likeness (QED) is 0.141. The summed E-state index contributed by atoms with van der Waals surface area (Å²) < 4.78 is 17.4. The maximum atomic E-state index is 17.4. The highest BCUT2D eigenvalue weighted by atomic mass is 32.2. The van der Waals surface area contributed by atoms with Gasteiger partial charge in [-0.15, -0.1) is 0 Å². The van der Waals surface area contributed by atoms with Gasteiger partial charge in [-0.1, -0.05) is 99.8 Å². The van der Waals surface area contributed by atoms with Gasteiger partial charge in [0.15, 0.2) is 0 Å². The molecule has 4 aliphatic rings. The minimum absolute atomic E-state index is 0.0308. The SMILES string of the molecule is C=C1C=CC2(C)C(=C1)CCC1C3C[C@@H](C)[C@](C)(C(=C)CCC(=C)CSCCCC(=C)C(=C)C)C3(C)CC[C@@]12F. The number of allylic oxidation sites excluding steroid dienone is 8. The van der Waals surface area contributed by atoms with Crippen LogP contribution in [0.5, 0.6) is 0 Å². The van der Waals surface area contributed by atoms with Gasteiger partial charge in [0.1, 0.15) is 5.67 Å². The molecule has 0 aliphatic heterocycles. The van der Waals surface area contributed by atoms with Gasteiger partial charge in [0.2, 0.25) is 0 Å². The zero-order valence-electron chi connectivity index (χ0n) is 25.6. The molecule has 0 radical (unpaired) electrons. The van der Waals surface area contributed by atoms with Gasteiger partial charge in [-0.05, 0) is 112 Å². The molecule has 0 aromatic heterocycles. The fourth-order valence-corrected chi connectivity index (χ4v) is 9.90. The molecule has 4 aliphatic carbocycles. The second kappa shape index (κ2) is 11.0. The van der Waals surface area contributed by atoms with Gasteiger partial charge in [0.25, 0.3) is 0 Å². The van der Waals surface area contributed by atoms with E-state index in [1.54, 1.807) is 0 Å². The van der Waals surface area contributed by atoms with Crippen molar-refractivity contribution in [1.82, 2.24) is 0 Å². The molecule has 3 fully saturated rings. The molecule has 0 nitrogen and oxygen atoms in total. The van der Waals surface area contributed by atoms with Crippen LogP contribution in [0, 0.1) is 34.0 Å². The van der Waals surface area contributed by atoms with Crippen molar-refractivity contribution in [2.45, 2.75) is 98.1 Å². The lowest BCUT2D eigenvalue weighted by atomic mass is 9.44. The monoisotopic (exact) mass is 548 g/mol. The first kappa shape index (κ1) is 30.4. The highest BCUT2D eigenvalue weighted by Crippen LogP contribution is 2.74. The van der Waals surface area contributed by atoms with E-state index in [-0.39, 0.29) is 16.7 Å². The van der Waals surface area contributed by atoms with Crippen molar-refractivity contribution in [2.24, 2.45) is 34.0 Å². The third-order valence-electron chi connectivity index (χ3n) is 12.1. The second-order valence-electron chi connectivity index (χ2n) is 14.0. The van der Waals surface area contributed by atoms with Crippen molar-refractivity contribution in [1.29, 1.82) is 0 Å². The van der Waals surface area contributed by atoms with Gasteiger partial charge < -0.3 is 0 Å². The highest BCUT2D eigenvalue weighted by molar-refractivity contribution is 7.99. The molecule has 214 valence electrons. The third kappa shape index (κ3) is 4.96. The molecule has 0 spiro atoms. The summed E-state index contributed by atoms with van der Waals surface area (Å²) >= 11 is 1.98. The molecular weight excluding hydrogens is 495 g/mol. The van der Waals surface area contributed by atoms with E-state index in [9.17, 15) is 0 Å². The summed E-state index contributed by atoms with van der Waals surface area (Å²) in [5, 5.41) is 0. The average Bonchev–Trinajstić information content (AvgIpc) is 3.09. The smallest absolute Gasteiger partial charge is 0.126 e. The third-order valence-corrected chi connectivity index (χ3v) is 13.3. The Bertz CT molecular complexity index is 1120. The molecule has 0 aromatic carbocycles. The maximum Gasteiger partial charge on any atom is 0.126 e. The molecule has 7 atom stereocenters. The number of fused-ring (bicyclic) bond motifs is 5. The van der Waals surface area contributed by atoms with Gasteiger partial charge in [0.05, 0.1) is 0 Å². The Hall–Kier alpha value is -1.54. The number of thioether (sulfide) groups is 1. The summed E-state index contributed by atoms with van der Waals surface area (Å²) in [5.74, 6) is 3.17. The van der Waals surface area contributed by atoms with Crippen LogP contribution in [0.1, 0.15) is 92.4 Å². The maximum absolute atomic E-state index is 17.4. The van der Waals surface area contributed by atoms with Gasteiger partial charge in [-0.2, -0.15) is 11.8 Å². The van der Waals surface area contributed by atoms with Crippen LogP contribution in [0.2, 0.25) is 0 Å². The van der Waals surface area contributed by atoms with Gasteiger partial charge in [-0.3, -0.25) is 0 Å². The molecule has 0 aromatic rings. The van der Waals surface area contributed by atoms with Crippen LogP contribution < -0.4 is 0 Å². The largest absolute Gasteiger partial charge is 0.242 e. The molecule has 0 saturated heterocycles. The fourth-order valence-electron chi connectivity index (χ4n) is 8.98. The van der Waals surface area contributed by atoms with E-state index in [1.165, 1.54) is 22.3 Å². The lowest BCUT2D eigenvalue weighted by Crippen LogP contribution is -2.60. The fraction of sp³-hybridized carbons (Fsp3) is 0.622.